The number of amides is 4. The molecule has 2 saturated heterocycles. The van der Waals surface area contributed by atoms with E-state index in [0.717, 1.165) is 49.8 Å². The van der Waals surface area contributed by atoms with Crippen LogP contribution in [0.25, 0.3) is 0 Å². The molecule has 1 unspecified atom stereocenters. The van der Waals surface area contributed by atoms with Crippen LogP contribution in [0.3, 0.4) is 0 Å². The topological polar surface area (TPSA) is 97.0 Å². The fourth-order valence-electron chi connectivity index (χ4n) is 5.65. The molecule has 2 heterocycles. The van der Waals surface area contributed by atoms with E-state index in [1.54, 1.807) is 7.11 Å². The van der Waals surface area contributed by atoms with Crippen LogP contribution in [0, 0.1) is 0 Å². The summed E-state index contributed by atoms with van der Waals surface area (Å²) in [5.41, 5.74) is 0.714. The lowest BCUT2D eigenvalue weighted by molar-refractivity contribution is -0.129. The van der Waals surface area contributed by atoms with Crippen LogP contribution >= 0.6 is 0 Å². The third-order valence-corrected chi connectivity index (χ3v) is 7.85. The summed E-state index contributed by atoms with van der Waals surface area (Å²) >= 11 is 0. The van der Waals surface area contributed by atoms with Crippen LogP contribution in [-0.2, 0) is 19.7 Å². The van der Waals surface area contributed by atoms with Crippen molar-refractivity contribution in [1.82, 2.24) is 15.5 Å². The zero-order valence-electron chi connectivity index (χ0n) is 20.9. The zero-order valence-corrected chi connectivity index (χ0v) is 20.9. The predicted molar refractivity (Wildman–Crippen MR) is 132 cm³/mol. The van der Waals surface area contributed by atoms with Crippen LogP contribution in [-0.4, -0.2) is 61.7 Å². The minimum Gasteiger partial charge on any atom is -0.497 e. The third kappa shape index (κ3) is 6.34. The van der Waals surface area contributed by atoms with Gasteiger partial charge in [0.1, 0.15) is 11.8 Å². The Morgan fingerprint density at radius 1 is 1.09 bits per heavy atom. The van der Waals surface area contributed by atoms with Gasteiger partial charge in [-0.05, 0) is 49.8 Å². The summed E-state index contributed by atoms with van der Waals surface area (Å²) in [5, 5.41) is 5.96. The van der Waals surface area contributed by atoms with E-state index in [9.17, 15) is 14.4 Å². The lowest BCUT2D eigenvalue weighted by atomic mass is 9.73. The number of benzene rings is 1. The number of rotatable bonds is 8. The van der Waals surface area contributed by atoms with Crippen molar-refractivity contribution >= 4 is 17.8 Å². The summed E-state index contributed by atoms with van der Waals surface area (Å²) in [6.07, 6.45) is 10.1. The molecule has 3 fully saturated rings. The molecule has 1 aromatic rings. The maximum Gasteiger partial charge on any atom is 0.324 e. The van der Waals surface area contributed by atoms with E-state index < -0.39 is 6.04 Å². The van der Waals surface area contributed by atoms with E-state index >= 15 is 0 Å². The van der Waals surface area contributed by atoms with Gasteiger partial charge in [-0.15, -0.1) is 0 Å². The molecule has 1 aliphatic carbocycles. The largest absolute Gasteiger partial charge is 0.497 e. The molecule has 0 bridgehead atoms. The second-order valence-electron chi connectivity index (χ2n) is 10.2. The van der Waals surface area contributed by atoms with Gasteiger partial charge in [-0.2, -0.15) is 0 Å². The molecule has 8 heteroatoms. The Kier molecular flexibility index (Phi) is 8.65. The lowest BCUT2D eigenvalue weighted by Crippen LogP contribution is -2.47. The Morgan fingerprint density at radius 2 is 1.74 bits per heavy atom. The molecule has 1 saturated carbocycles. The van der Waals surface area contributed by atoms with E-state index in [-0.39, 0.29) is 35.7 Å². The Hall–Kier alpha value is -2.61. The van der Waals surface area contributed by atoms with Gasteiger partial charge in [0.15, 0.2) is 0 Å². The quantitative estimate of drug-likeness (QED) is 0.548. The van der Waals surface area contributed by atoms with Gasteiger partial charge in [-0.3, -0.25) is 14.5 Å². The van der Waals surface area contributed by atoms with Crippen molar-refractivity contribution in [3.8, 4) is 5.75 Å². The van der Waals surface area contributed by atoms with Crippen molar-refractivity contribution in [1.29, 1.82) is 0 Å². The van der Waals surface area contributed by atoms with Crippen LogP contribution in [0.1, 0.15) is 76.2 Å². The van der Waals surface area contributed by atoms with Gasteiger partial charge in [0.2, 0.25) is 5.91 Å². The number of carbonyl (C=O) groups excluding carboxylic acids is 3. The van der Waals surface area contributed by atoms with E-state index in [0.29, 0.717) is 26.2 Å². The number of nitrogens with zero attached hydrogens (tertiary/aromatic N) is 1. The second-order valence-corrected chi connectivity index (χ2v) is 10.2. The average molecular weight is 486 g/mol. The summed E-state index contributed by atoms with van der Waals surface area (Å²) in [5.74, 6) is 0.493. The number of urea groups is 1. The molecule has 3 aliphatic rings. The molecule has 4 amide bonds. The molecule has 0 radical (unpaired) electrons. The fraction of sp³-hybridized carbons (Fsp3) is 0.667. The first-order chi connectivity index (χ1) is 17.0. The van der Waals surface area contributed by atoms with E-state index in [1.165, 1.54) is 24.2 Å². The van der Waals surface area contributed by atoms with Gasteiger partial charge in [-0.1, -0.05) is 44.2 Å². The first kappa shape index (κ1) is 25.5. The highest BCUT2D eigenvalue weighted by Crippen LogP contribution is 2.37. The zero-order chi connectivity index (χ0) is 24.7. The number of carbonyl (C=O) groups is 3. The van der Waals surface area contributed by atoms with Crippen LogP contribution in [0.2, 0.25) is 0 Å². The highest BCUT2D eigenvalue weighted by atomic mass is 16.5. The maximum absolute atomic E-state index is 13.2. The normalized spacial score (nSPS) is 23.3. The number of ether oxygens (including phenoxy) is 2. The summed E-state index contributed by atoms with van der Waals surface area (Å²) in [4.78, 5) is 39.9. The highest BCUT2D eigenvalue weighted by Gasteiger charge is 2.44. The molecule has 1 aromatic carbocycles. The van der Waals surface area contributed by atoms with E-state index in [1.807, 2.05) is 24.3 Å². The van der Waals surface area contributed by atoms with Crippen LogP contribution < -0.4 is 15.4 Å². The number of hydrogen-bond donors (Lipinski definition) is 2. The fourth-order valence-corrected chi connectivity index (χ4v) is 5.65. The van der Waals surface area contributed by atoms with Crippen molar-refractivity contribution in [2.45, 2.75) is 88.1 Å². The van der Waals surface area contributed by atoms with Crippen LogP contribution in [0.5, 0.6) is 5.75 Å². The summed E-state index contributed by atoms with van der Waals surface area (Å²) in [6, 6.07) is 7.05. The van der Waals surface area contributed by atoms with Gasteiger partial charge < -0.3 is 20.1 Å². The van der Waals surface area contributed by atoms with Gasteiger partial charge in [0.05, 0.1) is 7.11 Å². The molecule has 0 aromatic heterocycles. The molecule has 1 atom stereocenters. The minimum atomic E-state index is -0.654. The first-order valence-corrected chi connectivity index (χ1v) is 13.1. The number of methoxy groups -OCH3 is 1. The minimum absolute atomic E-state index is 0.0322. The predicted octanol–water partition coefficient (Wildman–Crippen LogP) is 3.67. The number of nitrogens with one attached hydrogen (secondary N) is 2. The average Bonchev–Trinajstić information content (AvgIpc) is 3.12. The molecular weight excluding hydrogens is 446 g/mol. The standard InChI is InChI=1S/C27H39N3O5/c1-34-22-11-9-20(10-12-22)27(15-17-35-18-16-27)19-30-25(32)23(29-26(30)33)13-14-24(31)28-21-7-5-3-2-4-6-8-21/h9-12,21,23H,2-8,13-19H2,1H3,(H,28,31)(H,29,33). The number of imide groups is 1. The van der Waals surface area contributed by atoms with Crippen molar-refractivity contribution < 1.29 is 23.9 Å². The second kappa shape index (κ2) is 11.9. The highest BCUT2D eigenvalue weighted by molar-refractivity contribution is 6.04. The van der Waals surface area contributed by atoms with E-state index in [4.69, 9.17) is 9.47 Å². The monoisotopic (exact) mass is 485 g/mol. The Bertz CT molecular complexity index is 873. The summed E-state index contributed by atoms with van der Waals surface area (Å²) in [6.45, 7) is 1.47. The SMILES string of the molecule is COc1ccc(C2(CN3C(=O)NC(CCC(=O)NC4CCCCCCC4)C3=O)CCOCC2)cc1. The van der Waals surface area contributed by atoms with Gasteiger partial charge in [0.25, 0.3) is 5.91 Å². The van der Waals surface area contributed by atoms with Crippen molar-refractivity contribution in [2.75, 3.05) is 26.9 Å². The van der Waals surface area contributed by atoms with Gasteiger partial charge in [-0.25, -0.2) is 4.79 Å². The first-order valence-electron chi connectivity index (χ1n) is 13.1. The summed E-state index contributed by atoms with van der Waals surface area (Å²) < 4.78 is 10.9. The third-order valence-electron chi connectivity index (χ3n) is 7.85. The molecule has 35 heavy (non-hydrogen) atoms. The molecule has 2 N–H and O–H groups in total. The van der Waals surface area contributed by atoms with Crippen LogP contribution in [0.4, 0.5) is 4.79 Å². The van der Waals surface area contributed by atoms with E-state index in [2.05, 4.69) is 10.6 Å². The van der Waals surface area contributed by atoms with Crippen LogP contribution in [0.15, 0.2) is 24.3 Å². The van der Waals surface area contributed by atoms with Gasteiger partial charge >= 0.3 is 6.03 Å². The Labute approximate surface area is 208 Å². The Morgan fingerprint density at radius 3 is 2.40 bits per heavy atom. The molecule has 2 aliphatic heterocycles. The molecular formula is C27H39N3O5. The molecule has 192 valence electrons. The maximum atomic E-state index is 13.2. The number of hydrogen-bond acceptors (Lipinski definition) is 5. The molecule has 0 spiro atoms. The van der Waals surface area contributed by atoms with Gasteiger partial charge in [0, 0.05) is 37.6 Å². The van der Waals surface area contributed by atoms with Crippen molar-refractivity contribution in [2.24, 2.45) is 0 Å². The van der Waals surface area contributed by atoms with Crippen molar-refractivity contribution in [3.63, 3.8) is 0 Å². The summed E-state index contributed by atoms with van der Waals surface area (Å²) in [7, 11) is 1.63. The molecule has 8 nitrogen and oxygen atoms in total. The smallest absolute Gasteiger partial charge is 0.324 e. The van der Waals surface area contributed by atoms with Crippen molar-refractivity contribution in [3.05, 3.63) is 29.8 Å². The Balaban J connectivity index is 1.35. The lowest BCUT2D eigenvalue weighted by Gasteiger charge is -2.39. The molecule has 4 rings (SSSR count).